The molecular formula is C37H36ClFN4O7S2. The lowest BCUT2D eigenvalue weighted by atomic mass is 10.1. The molecule has 0 aliphatic carbocycles. The summed E-state index contributed by atoms with van der Waals surface area (Å²) in [5.74, 6) is 2.25. The number of sulfone groups is 1. The Kier molecular flexibility index (Phi) is 12.3. The van der Waals surface area contributed by atoms with Crippen LogP contribution in [-0.2, 0) is 33.1 Å². The number of nitrogens with one attached hydrogen (secondary N) is 1. The van der Waals surface area contributed by atoms with Crippen molar-refractivity contribution in [2.75, 3.05) is 30.9 Å². The van der Waals surface area contributed by atoms with Crippen LogP contribution < -0.4 is 10.1 Å². The molecule has 0 atom stereocenters. The molecule has 2 aromatic heterocycles. The van der Waals surface area contributed by atoms with E-state index in [4.69, 9.17) is 25.3 Å². The molecule has 0 saturated heterocycles. The van der Waals surface area contributed by atoms with Crippen LogP contribution >= 0.6 is 11.6 Å². The zero-order valence-electron chi connectivity index (χ0n) is 28.5. The second kappa shape index (κ2) is 16.7. The summed E-state index contributed by atoms with van der Waals surface area (Å²) in [6.45, 7) is 2.94. The van der Waals surface area contributed by atoms with E-state index < -0.39 is 20.0 Å². The lowest BCUT2D eigenvalue weighted by Gasteiger charge is -2.14. The Labute approximate surface area is 306 Å². The molecule has 0 amide bonds. The van der Waals surface area contributed by atoms with Gasteiger partial charge in [-0.3, -0.25) is 9.45 Å². The fourth-order valence-electron chi connectivity index (χ4n) is 4.92. The summed E-state index contributed by atoms with van der Waals surface area (Å²) in [5.41, 5.74) is 3.96. The molecule has 272 valence electrons. The molecule has 0 aliphatic heterocycles. The van der Waals surface area contributed by atoms with Crippen LogP contribution in [0.25, 0.3) is 22.2 Å². The molecule has 0 bridgehead atoms. The van der Waals surface area contributed by atoms with Gasteiger partial charge in [0, 0.05) is 29.4 Å². The minimum absolute atomic E-state index is 0.0666. The van der Waals surface area contributed by atoms with Crippen LogP contribution in [0.4, 0.5) is 15.9 Å². The van der Waals surface area contributed by atoms with Gasteiger partial charge in [0.15, 0.2) is 0 Å². The lowest BCUT2D eigenvalue weighted by molar-refractivity contribution is 0.306. The third kappa shape index (κ3) is 11.1. The van der Waals surface area contributed by atoms with Crippen molar-refractivity contribution >= 4 is 54.0 Å². The molecule has 0 fully saturated rings. The summed E-state index contributed by atoms with van der Waals surface area (Å²) in [6.07, 6.45) is 2.72. The summed E-state index contributed by atoms with van der Waals surface area (Å²) in [6, 6.07) is 27.1. The molecule has 0 aliphatic rings. The van der Waals surface area contributed by atoms with Crippen molar-refractivity contribution in [1.29, 1.82) is 0 Å². The van der Waals surface area contributed by atoms with Gasteiger partial charge in [-0.2, -0.15) is 8.42 Å². The highest BCUT2D eigenvalue weighted by Crippen LogP contribution is 2.33. The van der Waals surface area contributed by atoms with Crippen LogP contribution in [0, 0.1) is 12.7 Å². The molecule has 0 unspecified atom stereocenters. The van der Waals surface area contributed by atoms with Crippen molar-refractivity contribution in [3.8, 4) is 17.1 Å². The molecule has 2 N–H and O–H groups in total. The fraction of sp³-hybridized carbons (Fsp3) is 0.189. The number of halogens is 2. The van der Waals surface area contributed by atoms with E-state index in [2.05, 4.69) is 15.3 Å². The molecule has 4 aromatic carbocycles. The van der Waals surface area contributed by atoms with E-state index in [0.29, 0.717) is 46.7 Å². The largest absolute Gasteiger partial charge is 0.487 e. The number of ether oxygens (including phenoxy) is 1. The van der Waals surface area contributed by atoms with Crippen molar-refractivity contribution in [3.63, 3.8) is 0 Å². The Balaban J connectivity index is 0.000000407. The van der Waals surface area contributed by atoms with Crippen LogP contribution in [0.3, 0.4) is 0 Å². The second-order valence-electron chi connectivity index (χ2n) is 12.1. The van der Waals surface area contributed by atoms with E-state index in [0.717, 1.165) is 27.8 Å². The summed E-state index contributed by atoms with van der Waals surface area (Å²) in [4.78, 5) is 10.7. The van der Waals surface area contributed by atoms with E-state index >= 15 is 0 Å². The first-order valence-corrected chi connectivity index (χ1v) is 19.7. The molecule has 2 heterocycles. The normalized spacial score (nSPS) is 11.7. The van der Waals surface area contributed by atoms with E-state index in [1.54, 1.807) is 36.4 Å². The number of nitrogens with zero attached hydrogens (tertiary/aromatic N) is 3. The molecule has 11 nitrogen and oxygen atoms in total. The van der Waals surface area contributed by atoms with Gasteiger partial charge in [0.2, 0.25) is 0 Å². The van der Waals surface area contributed by atoms with Crippen LogP contribution in [-0.4, -0.2) is 61.9 Å². The monoisotopic (exact) mass is 766 g/mol. The Bertz CT molecular complexity index is 2390. The minimum atomic E-state index is -4.02. The Hall–Kier alpha value is -4.86. The number of hydrogen-bond acceptors (Lipinski definition) is 10. The quantitative estimate of drug-likeness (QED) is 0.118. The van der Waals surface area contributed by atoms with Crippen molar-refractivity contribution in [1.82, 2.24) is 14.9 Å². The van der Waals surface area contributed by atoms with Gasteiger partial charge in [-0.15, -0.1) is 0 Å². The minimum Gasteiger partial charge on any atom is -0.487 e. The maximum Gasteiger partial charge on any atom is 0.294 e. The molecule has 0 radical (unpaired) electrons. The predicted molar refractivity (Wildman–Crippen MR) is 200 cm³/mol. The SMILES string of the molecule is CN(CCS(C)(=O)=O)Cc1ccc(-c2ccc3ncnc(Nc4ccc(OCc5cccc(F)c5)c(Cl)c4)c3c2)o1.Cc1ccc(S(=O)(=O)O)cc1. The topological polar surface area (TPSA) is 152 Å². The number of benzene rings is 4. The Morgan fingerprint density at radius 3 is 2.40 bits per heavy atom. The first-order chi connectivity index (χ1) is 24.6. The number of furan rings is 1. The smallest absolute Gasteiger partial charge is 0.294 e. The average molecular weight is 767 g/mol. The summed E-state index contributed by atoms with van der Waals surface area (Å²) in [7, 11) is -5.20. The predicted octanol–water partition coefficient (Wildman–Crippen LogP) is 7.72. The van der Waals surface area contributed by atoms with E-state index in [-0.39, 0.29) is 23.1 Å². The Morgan fingerprint density at radius 1 is 0.942 bits per heavy atom. The van der Waals surface area contributed by atoms with Crippen molar-refractivity contribution in [3.05, 3.63) is 131 Å². The van der Waals surface area contributed by atoms with Gasteiger partial charge in [-0.25, -0.2) is 22.8 Å². The lowest BCUT2D eigenvalue weighted by Crippen LogP contribution is -2.24. The maximum absolute atomic E-state index is 13.4. The number of rotatable bonds is 12. The average Bonchev–Trinajstić information content (AvgIpc) is 3.55. The first kappa shape index (κ1) is 38.4. The molecule has 6 rings (SSSR count). The van der Waals surface area contributed by atoms with Crippen molar-refractivity contribution in [2.24, 2.45) is 0 Å². The summed E-state index contributed by atoms with van der Waals surface area (Å²) < 4.78 is 77.8. The van der Waals surface area contributed by atoms with Crippen molar-refractivity contribution in [2.45, 2.75) is 25.0 Å². The van der Waals surface area contributed by atoms with E-state index in [1.165, 1.54) is 36.8 Å². The molecule has 52 heavy (non-hydrogen) atoms. The van der Waals surface area contributed by atoms with Gasteiger partial charge in [-0.1, -0.05) is 41.4 Å². The van der Waals surface area contributed by atoms with Gasteiger partial charge in [0.05, 0.1) is 27.7 Å². The van der Waals surface area contributed by atoms with Gasteiger partial charge < -0.3 is 14.5 Å². The number of hydrogen-bond donors (Lipinski definition) is 2. The highest BCUT2D eigenvalue weighted by atomic mass is 35.5. The third-order valence-electron chi connectivity index (χ3n) is 7.65. The van der Waals surface area contributed by atoms with Gasteiger partial charge in [-0.05, 0) is 92.3 Å². The highest BCUT2D eigenvalue weighted by molar-refractivity contribution is 7.90. The molecule has 0 saturated carbocycles. The van der Waals surface area contributed by atoms with E-state index in [1.807, 2.05) is 55.3 Å². The van der Waals surface area contributed by atoms with Gasteiger partial charge in [0.1, 0.15) is 51.7 Å². The summed E-state index contributed by atoms with van der Waals surface area (Å²) >= 11 is 6.48. The van der Waals surface area contributed by atoms with Gasteiger partial charge in [0.25, 0.3) is 10.1 Å². The highest BCUT2D eigenvalue weighted by Gasteiger charge is 2.13. The molecule has 15 heteroatoms. The summed E-state index contributed by atoms with van der Waals surface area (Å²) in [5, 5.41) is 4.49. The van der Waals surface area contributed by atoms with E-state index in [9.17, 15) is 21.2 Å². The number of aromatic nitrogens is 2. The Morgan fingerprint density at radius 2 is 1.71 bits per heavy atom. The fourth-order valence-corrected chi connectivity index (χ4v) is 6.28. The first-order valence-electron chi connectivity index (χ1n) is 15.8. The second-order valence-corrected chi connectivity index (χ2v) is 16.2. The standard InChI is InChI=1S/C30H28ClFN4O4S.C7H8O3S/c1-36(12-13-41(2,37)38)17-24-8-11-28(40-24)21-6-9-27-25(15-21)30(34-19-33-27)35-23-7-10-29(26(31)16-23)39-18-20-4-3-5-22(32)14-20;1-6-2-4-7(5-3-6)11(8,9)10/h3-11,14-16,19H,12-13,17-18H2,1-2H3,(H,33,34,35);2-5H,1H3,(H,8,9,10). The van der Waals surface area contributed by atoms with Crippen LogP contribution in [0.15, 0.2) is 113 Å². The zero-order valence-corrected chi connectivity index (χ0v) is 30.8. The van der Waals surface area contributed by atoms with Crippen molar-refractivity contribution < 1.29 is 34.9 Å². The molecular weight excluding hydrogens is 731 g/mol. The third-order valence-corrected chi connectivity index (χ3v) is 9.74. The van der Waals surface area contributed by atoms with Crippen LogP contribution in [0.2, 0.25) is 5.02 Å². The van der Waals surface area contributed by atoms with Crippen LogP contribution in [0.5, 0.6) is 5.75 Å². The number of anilines is 2. The molecule has 6 aromatic rings. The number of fused-ring (bicyclic) bond motifs is 1. The zero-order chi connectivity index (χ0) is 37.5. The maximum atomic E-state index is 13.4. The van der Waals surface area contributed by atoms with Crippen LogP contribution in [0.1, 0.15) is 16.9 Å². The molecule has 0 spiro atoms. The number of aryl methyl sites for hydroxylation is 1. The van der Waals surface area contributed by atoms with Gasteiger partial charge >= 0.3 is 0 Å².